The van der Waals surface area contributed by atoms with Crippen LogP contribution in [0.2, 0.25) is 0 Å². The molecule has 14 heavy (non-hydrogen) atoms. The molecule has 0 saturated carbocycles. The second kappa shape index (κ2) is 3.42. The zero-order valence-corrected chi connectivity index (χ0v) is 8.08. The topological polar surface area (TPSA) is 66.4 Å². The van der Waals surface area contributed by atoms with Gasteiger partial charge >= 0.3 is 5.97 Å². The van der Waals surface area contributed by atoms with Gasteiger partial charge in [-0.15, -0.1) is 11.3 Å². The summed E-state index contributed by atoms with van der Waals surface area (Å²) in [6.07, 6.45) is 0.275. The van der Waals surface area contributed by atoms with Crippen LogP contribution in [0.1, 0.15) is 17.2 Å². The van der Waals surface area contributed by atoms with E-state index < -0.39 is 12.0 Å². The van der Waals surface area contributed by atoms with Crippen molar-refractivity contribution in [1.82, 2.24) is 5.32 Å². The lowest BCUT2D eigenvalue weighted by molar-refractivity contribution is -0.140. The summed E-state index contributed by atoms with van der Waals surface area (Å²) < 4.78 is 0. The van der Waals surface area contributed by atoms with Crippen molar-refractivity contribution < 1.29 is 14.7 Å². The van der Waals surface area contributed by atoms with Gasteiger partial charge in [0.05, 0.1) is 0 Å². The Kier molecular flexibility index (Phi) is 2.25. The Morgan fingerprint density at radius 2 is 2.43 bits per heavy atom. The van der Waals surface area contributed by atoms with Crippen LogP contribution in [0.5, 0.6) is 0 Å². The molecule has 0 unspecified atom stereocenters. The fourth-order valence-electron chi connectivity index (χ4n) is 1.65. The van der Waals surface area contributed by atoms with E-state index in [-0.39, 0.29) is 18.2 Å². The maximum absolute atomic E-state index is 11.1. The minimum Gasteiger partial charge on any atom is -0.480 e. The van der Waals surface area contributed by atoms with Gasteiger partial charge in [-0.3, -0.25) is 4.79 Å². The highest BCUT2D eigenvalue weighted by Gasteiger charge is 2.38. The molecular weight excluding hydrogens is 202 g/mol. The first-order valence-electron chi connectivity index (χ1n) is 4.24. The van der Waals surface area contributed by atoms with Crippen molar-refractivity contribution >= 4 is 23.2 Å². The van der Waals surface area contributed by atoms with Crippen LogP contribution < -0.4 is 5.32 Å². The van der Waals surface area contributed by atoms with Gasteiger partial charge in [0.1, 0.15) is 6.04 Å². The molecule has 0 aliphatic carbocycles. The molecule has 2 atom stereocenters. The summed E-state index contributed by atoms with van der Waals surface area (Å²) in [6.45, 7) is 0. The van der Waals surface area contributed by atoms with Crippen LogP contribution in [-0.4, -0.2) is 23.0 Å². The Labute approximate surface area is 84.6 Å². The van der Waals surface area contributed by atoms with Gasteiger partial charge in [0.15, 0.2) is 0 Å². The first kappa shape index (κ1) is 9.21. The molecule has 1 saturated heterocycles. The van der Waals surface area contributed by atoms with Gasteiger partial charge in [-0.1, -0.05) is 6.07 Å². The normalized spacial score (nSPS) is 26.1. The smallest absolute Gasteiger partial charge is 0.326 e. The largest absolute Gasteiger partial charge is 0.480 e. The summed E-state index contributed by atoms with van der Waals surface area (Å²) in [6, 6.07) is 2.97. The van der Waals surface area contributed by atoms with Gasteiger partial charge in [0.25, 0.3) is 0 Å². The lowest BCUT2D eigenvalue weighted by Crippen LogP contribution is -2.35. The van der Waals surface area contributed by atoms with Crippen molar-refractivity contribution in [3.8, 4) is 0 Å². The molecule has 2 N–H and O–H groups in total. The molecule has 1 aliphatic heterocycles. The number of carbonyl (C=O) groups excluding carboxylic acids is 1. The average molecular weight is 211 g/mol. The van der Waals surface area contributed by atoms with E-state index in [1.807, 2.05) is 17.5 Å². The molecule has 0 aromatic carbocycles. The van der Waals surface area contributed by atoms with E-state index in [9.17, 15) is 9.59 Å². The number of hydrogen-bond acceptors (Lipinski definition) is 3. The van der Waals surface area contributed by atoms with Crippen molar-refractivity contribution in [2.24, 2.45) is 0 Å². The van der Waals surface area contributed by atoms with E-state index in [0.717, 1.165) is 4.88 Å². The Bertz CT molecular complexity index is 360. The molecule has 4 nitrogen and oxygen atoms in total. The first-order chi connectivity index (χ1) is 6.68. The fourth-order valence-corrected chi connectivity index (χ4v) is 2.52. The van der Waals surface area contributed by atoms with E-state index in [0.29, 0.717) is 0 Å². The number of thiophene rings is 1. The molecule has 2 heterocycles. The summed E-state index contributed by atoms with van der Waals surface area (Å²) in [5.74, 6) is -1.36. The lowest BCUT2D eigenvalue weighted by atomic mass is 9.99. The summed E-state index contributed by atoms with van der Waals surface area (Å²) >= 11 is 1.49. The number of amides is 1. The van der Waals surface area contributed by atoms with E-state index in [1.165, 1.54) is 11.3 Å². The summed E-state index contributed by atoms with van der Waals surface area (Å²) in [7, 11) is 0. The second-order valence-corrected chi connectivity index (χ2v) is 4.19. The molecule has 0 bridgehead atoms. The number of carboxylic acid groups (broad SMARTS) is 1. The molecule has 5 heteroatoms. The fraction of sp³-hybridized carbons (Fsp3) is 0.333. The van der Waals surface area contributed by atoms with Gasteiger partial charge in [-0.2, -0.15) is 0 Å². The van der Waals surface area contributed by atoms with E-state index >= 15 is 0 Å². The predicted molar refractivity (Wildman–Crippen MR) is 51.2 cm³/mol. The second-order valence-electron chi connectivity index (χ2n) is 3.21. The van der Waals surface area contributed by atoms with Crippen LogP contribution in [0, 0.1) is 0 Å². The third kappa shape index (κ3) is 1.50. The number of rotatable bonds is 2. The Morgan fingerprint density at radius 3 is 3.00 bits per heavy atom. The SMILES string of the molecule is O=C1C[C@@H](c2cccs2)[C@H](C(=O)O)N1. The van der Waals surface area contributed by atoms with Crippen LogP contribution in [0.15, 0.2) is 17.5 Å². The Hall–Kier alpha value is -1.36. The monoisotopic (exact) mass is 211 g/mol. The van der Waals surface area contributed by atoms with Gasteiger partial charge in [-0.25, -0.2) is 4.79 Å². The first-order valence-corrected chi connectivity index (χ1v) is 5.12. The molecule has 1 aromatic heterocycles. The molecule has 1 aliphatic rings. The minimum atomic E-state index is -0.964. The summed E-state index contributed by atoms with van der Waals surface area (Å²) in [5.41, 5.74) is 0. The van der Waals surface area contributed by atoms with Crippen molar-refractivity contribution in [1.29, 1.82) is 0 Å². The zero-order valence-electron chi connectivity index (χ0n) is 7.27. The van der Waals surface area contributed by atoms with E-state index in [2.05, 4.69) is 5.32 Å². The Balaban J connectivity index is 2.26. The maximum atomic E-state index is 11.1. The van der Waals surface area contributed by atoms with Gasteiger partial charge in [0, 0.05) is 17.2 Å². The van der Waals surface area contributed by atoms with Crippen molar-refractivity contribution in [2.45, 2.75) is 18.4 Å². The highest BCUT2D eigenvalue weighted by molar-refractivity contribution is 7.10. The number of aliphatic carboxylic acids is 1. The van der Waals surface area contributed by atoms with Gasteiger partial charge in [-0.05, 0) is 11.4 Å². The zero-order chi connectivity index (χ0) is 10.1. The maximum Gasteiger partial charge on any atom is 0.326 e. The summed E-state index contributed by atoms with van der Waals surface area (Å²) in [4.78, 5) is 22.9. The van der Waals surface area contributed by atoms with E-state index in [4.69, 9.17) is 5.11 Å². The number of nitrogens with one attached hydrogen (secondary N) is 1. The molecular formula is C9H9NO3S. The highest BCUT2D eigenvalue weighted by Crippen LogP contribution is 2.31. The quantitative estimate of drug-likeness (QED) is 0.760. The minimum absolute atomic E-state index is 0.184. The van der Waals surface area contributed by atoms with Crippen LogP contribution in [-0.2, 0) is 9.59 Å². The molecule has 1 amide bonds. The van der Waals surface area contributed by atoms with Crippen LogP contribution in [0.4, 0.5) is 0 Å². The molecule has 1 fully saturated rings. The Morgan fingerprint density at radius 1 is 1.64 bits per heavy atom. The molecule has 0 spiro atoms. The van der Waals surface area contributed by atoms with Crippen molar-refractivity contribution in [2.75, 3.05) is 0 Å². The van der Waals surface area contributed by atoms with Gasteiger partial charge < -0.3 is 10.4 Å². The molecule has 1 aromatic rings. The molecule has 2 rings (SSSR count). The average Bonchev–Trinajstić information content (AvgIpc) is 2.70. The van der Waals surface area contributed by atoms with Gasteiger partial charge in [0.2, 0.25) is 5.91 Å². The molecule has 0 radical (unpaired) electrons. The number of carbonyl (C=O) groups is 2. The lowest BCUT2D eigenvalue weighted by Gasteiger charge is -2.12. The van der Waals surface area contributed by atoms with Crippen LogP contribution in [0.25, 0.3) is 0 Å². The van der Waals surface area contributed by atoms with E-state index in [1.54, 1.807) is 0 Å². The van der Waals surface area contributed by atoms with Crippen molar-refractivity contribution in [3.63, 3.8) is 0 Å². The van der Waals surface area contributed by atoms with Crippen molar-refractivity contribution in [3.05, 3.63) is 22.4 Å². The standard InChI is InChI=1S/C9H9NO3S/c11-7-4-5(6-2-1-3-14-6)8(10-7)9(12)13/h1-3,5,8H,4H2,(H,10,11)(H,12,13)/t5-,8+/m0/s1. The third-order valence-corrected chi connectivity index (χ3v) is 3.30. The van der Waals surface area contributed by atoms with Crippen LogP contribution in [0.3, 0.4) is 0 Å². The van der Waals surface area contributed by atoms with Crippen LogP contribution >= 0.6 is 11.3 Å². The number of hydrogen-bond donors (Lipinski definition) is 2. The highest BCUT2D eigenvalue weighted by atomic mass is 32.1. The third-order valence-electron chi connectivity index (χ3n) is 2.30. The number of carboxylic acids is 1. The predicted octanol–water partition coefficient (Wildman–Crippen LogP) is 0.805. The molecule has 74 valence electrons. The summed E-state index contributed by atoms with van der Waals surface area (Å²) in [5, 5.41) is 13.2.